The topological polar surface area (TPSA) is 57.3 Å². The third-order valence-corrected chi connectivity index (χ3v) is 6.83. The average molecular weight is 481 g/mol. The van der Waals surface area contributed by atoms with Gasteiger partial charge in [-0.1, -0.05) is 24.3 Å². The molecule has 0 atom stereocenters. The van der Waals surface area contributed by atoms with E-state index in [0.717, 1.165) is 51.4 Å². The molecule has 2 aliphatic rings. The van der Waals surface area contributed by atoms with Gasteiger partial charge in [-0.3, -0.25) is 4.90 Å². The lowest BCUT2D eigenvalue weighted by atomic mass is 10.1. The number of anilines is 2. The molecule has 0 radical (unpaired) electrons. The van der Waals surface area contributed by atoms with Gasteiger partial charge in [-0.25, -0.2) is 4.79 Å². The van der Waals surface area contributed by atoms with Crippen LogP contribution >= 0.6 is 0 Å². The summed E-state index contributed by atoms with van der Waals surface area (Å²) in [6.07, 6.45) is 0.962. The number of aryl methyl sites for hydroxylation is 1. The van der Waals surface area contributed by atoms with Crippen molar-refractivity contribution in [3.05, 3.63) is 53.6 Å². The summed E-state index contributed by atoms with van der Waals surface area (Å²) in [5.41, 5.74) is 4.30. The summed E-state index contributed by atoms with van der Waals surface area (Å²) in [6.45, 7) is 15.5. The number of ether oxygens (including phenoxy) is 2. The van der Waals surface area contributed by atoms with E-state index in [1.165, 1.54) is 11.1 Å². The van der Waals surface area contributed by atoms with E-state index in [1.807, 2.05) is 24.0 Å². The van der Waals surface area contributed by atoms with Gasteiger partial charge in [0.05, 0.1) is 24.5 Å². The van der Waals surface area contributed by atoms with Crippen LogP contribution in [0.1, 0.15) is 38.3 Å². The molecule has 1 N–H and O–H groups in total. The van der Waals surface area contributed by atoms with Gasteiger partial charge in [-0.15, -0.1) is 0 Å². The third kappa shape index (κ3) is 6.67. The molecular weight excluding hydrogens is 440 g/mol. The zero-order valence-corrected chi connectivity index (χ0v) is 21.7. The van der Waals surface area contributed by atoms with E-state index in [9.17, 15) is 4.79 Å². The molecule has 4 rings (SSSR count). The van der Waals surface area contributed by atoms with Gasteiger partial charge in [0.25, 0.3) is 0 Å². The van der Waals surface area contributed by atoms with Crippen LogP contribution in [0.3, 0.4) is 0 Å². The van der Waals surface area contributed by atoms with Crippen molar-refractivity contribution in [2.45, 2.75) is 46.3 Å². The van der Waals surface area contributed by atoms with Crippen molar-refractivity contribution in [3.63, 3.8) is 0 Å². The van der Waals surface area contributed by atoms with E-state index in [-0.39, 0.29) is 11.6 Å². The van der Waals surface area contributed by atoms with Crippen LogP contribution in [0.4, 0.5) is 16.2 Å². The Morgan fingerprint density at radius 3 is 2.69 bits per heavy atom. The van der Waals surface area contributed by atoms with E-state index < -0.39 is 0 Å². The third-order valence-electron chi connectivity index (χ3n) is 6.83. The minimum atomic E-state index is -0.184. The van der Waals surface area contributed by atoms with Gasteiger partial charge >= 0.3 is 6.03 Å². The van der Waals surface area contributed by atoms with Gasteiger partial charge in [0.1, 0.15) is 5.75 Å². The highest BCUT2D eigenvalue weighted by Crippen LogP contribution is 2.32. The van der Waals surface area contributed by atoms with Crippen LogP contribution in [-0.2, 0) is 11.3 Å². The number of hydrogen-bond donors (Lipinski definition) is 1. The number of benzene rings is 2. The molecule has 0 unspecified atom stereocenters. The lowest BCUT2D eigenvalue weighted by Crippen LogP contribution is -2.48. The van der Waals surface area contributed by atoms with Crippen LogP contribution in [0.25, 0.3) is 0 Å². The zero-order chi connectivity index (χ0) is 24.8. The molecule has 2 saturated heterocycles. The lowest BCUT2D eigenvalue weighted by Gasteiger charge is -2.39. The first-order chi connectivity index (χ1) is 16.8. The van der Waals surface area contributed by atoms with Crippen molar-refractivity contribution >= 4 is 17.4 Å². The molecule has 0 spiro atoms. The minimum Gasteiger partial charge on any atom is -0.492 e. The minimum absolute atomic E-state index is 0.0658. The molecule has 2 aromatic rings. The molecule has 7 nitrogen and oxygen atoms in total. The Hall–Kier alpha value is -2.77. The van der Waals surface area contributed by atoms with E-state index in [2.05, 4.69) is 66.2 Å². The number of urea groups is 1. The maximum atomic E-state index is 13.2. The van der Waals surface area contributed by atoms with Crippen molar-refractivity contribution in [3.8, 4) is 5.75 Å². The predicted octanol–water partition coefficient (Wildman–Crippen LogP) is 4.75. The van der Waals surface area contributed by atoms with Gasteiger partial charge in [0.15, 0.2) is 0 Å². The highest BCUT2D eigenvalue weighted by atomic mass is 16.5. The number of carbonyl (C=O) groups is 1. The Labute approximate surface area is 210 Å². The van der Waals surface area contributed by atoms with E-state index >= 15 is 0 Å². The largest absolute Gasteiger partial charge is 0.492 e. The van der Waals surface area contributed by atoms with Gasteiger partial charge in [0, 0.05) is 57.6 Å². The number of carbonyl (C=O) groups excluding carboxylic acids is 1. The normalized spacial score (nSPS) is 18.7. The van der Waals surface area contributed by atoms with Crippen molar-refractivity contribution in [1.82, 2.24) is 9.80 Å². The Morgan fingerprint density at radius 1 is 1.09 bits per heavy atom. The molecule has 7 heteroatoms. The summed E-state index contributed by atoms with van der Waals surface area (Å²) >= 11 is 0. The Kier molecular flexibility index (Phi) is 8.19. The van der Waals surface area contributed by atoms with Gasteiger partial charge in [0.2, 0.25) is 0 Å². The maximum absolute atomic E-state index is 13.2. The second kappa shape index (κ2) is 11.3. The predicted molar refractivity (Wildman–Crippen MR) is 142 cm³/mol. The molecule has 2 aliphatic heterocycles. The molecule has 0 bridgehead atoms. The first-order valence-corrected chi connectivity index (χ1v) is 12.8. The molecule has 0 aliphatic carbocycles. The number of nitrogens with zero attached hydrogens (tertiary/aromatic N) is 3. The second-order valence-electron chi connectivity index (χ2n) is 10.1. The van der Waals surface area contributed by atoms with Crippen molar-refractivity contribution < 1.29 is 14.3 Å². The Bertz CT molecular complexity index is 1010. The van der Waals surface area contributed by atoms with Crippen LogP contribution in [-0.4, -0.2) is 73.9 Å². The maximum Gasteiger partial charge on any atom is 0.321 e. The number of nitrogens with one attached hydrogen (secondary N) is 1. The smallest absolute Gasteiger partial charge is 0.321 e. The standard InChI is InChI=1S/C28H40N4O3/c1-5-34-26-19-24(32-17-18-35-28(3,4)21-32)11-12-25(26)29-27(33)31-14-8-13-30(15-16-31)20-23-10-7-6-9-22(23)2/h6-7,9-12,19H,5,8,13-18,20-21H2,1-4H3,(H,29,33). The zero-order valence-electron chi connectivity index (χ0n) is 21.7. The fourth-order valence-corrected chi connectivity index (χ4v) is 4.88. The molecular formula is C28H40N4O3. The first kappa shape index (κ1) is 25.3. The average Bonchev–Trinajstić information content (AvgIpc) is 3.07. The molecule has 2 heterocycles. The lowest BCUT2D eigenvalue weighted by molar-refractivity contribution is -0.0277. The van der Waals surface area contributed by atoms with E-state index in [1.54, 1.807) is 0 Å². The van der Waals surface area contributed by atoms with Crippen LogP contribution in [0.5, 0.6) is 5.75 Å². The number of morpholine rings is 1. The van der Waals surface area contributed by atoms with Crippen LogP contribution in [0.15, 0.2) is 42.5 Å². The van der Waals surface area contributed by atoms with Gasteiger partial charge < -0.3 is 24.6 Å². The first-order valence-electron chi connectivity index (χ1n) is 12.8. The second-order valence-corrected chi connectivity index (χ2v) is 10.1. The molecule has 35 heavy (non-hydrogen) atoms. The molecule has 0 saturated carbocycles. The summed E-state index contributed by atoms with van der Waals surface area (Å²) < 4.78 is 11.8. The van der Waals surface area contributed by atoms with Crippen LogP contribution in [0, 0.1) is 6.92 Å². The SMILES string of the molecule is CCOc1cc(N2CCOC(C)(C)C2)ccc1NC(=O)N1CCCN(Cc2ccccc2C)CC1. The monoisotopic (exact) mass is 480 g/mol. The van der Waals surface area contributed by atoms with Gasteiger partial charge in [-0.2, -0.15) is 0 Å². The van der Waals surface area contributed by atoms with Gasteiger partial charge in [-0.05, 0) is 57.4 Å². The summed E-state index contributed by atoms with van der Waals surface area (Å²) in [6, 6.07) is 14.5. The van der Waals surface area contributed by atoms with E-state index in [0.29, 0.717) is 31.2 Å². The van der Waals surface area contributed by atoms with Crippen molar-refractivity contribution in [2.24, 2.45) is 0 Å². The Balaban J connectivity index is 1.39. The molecule has 190 valence electrons. The highest BCUT2D eigenvalue weighted by molar-refractivity contribution is 5.91. The van der Waals surface area contributed by atoms with Crippen LogP contribution in [0.2, 0.25) is 0 Å². The quantitative estimate of drug-likeness (QED) is 0.647. The highest BCUT2D eigenvalue weighted by Gasteiger charge is 2.28. The van der Waals surface area contributed by atoms with Crippen molar-refractivity contribution in [1.29, 1.82) is 0 Å². The summed E-state index contributed by atoms with van der Waals surface area (Å²) in [5, 5.41) is 3.11. The molecule has 2 fully saturated rings. The molecule has 0 aromatic heterocycles. The fourth-order valence-electron chi connectivity index (χ4n) is 4.88. The van der Waals surface area contributed by atoms with Crippen molar-refractivity contribution in [2.75, 3.05) is 62.7 Å². The number of rotatable bonds is 6. The Morgan fingerprint density at radius 2 is 1.91 bits per heavy atom. The number of amides is 2. The molecule has 2 amide bonds. The summed E-state index contributed by atoms with van der Waals surface area (Å²) in [7, 11) is 0. The summed E-state index contributed by atoms with van der Waals surface area (Å²) in [5.74, 6) is 0.707. The van der Waals surface area contributed by atoms with Crippen LogP contribution < -0.4 is 15.0 Å². The molecule has 2 aromatic carbocycles. The summed E-state index contributed by atoms with van der Waals surface area (Å²) in [4.78, 5) is 19.9. The van der Waals surface area contributed by atoms with E-state index in [4.69, 9.17) is 9.47 Å². The number of hydrogen-bond acceptors (Lipinski definition) is 5. The fraction of sp³-hybridized carbons (Fsp3) is 0.536.